The number of hydrogen-bond acceptors (Lipinski definition) is 2. The van der Waals surface area contributed by atoms with E-state index in [9.17, 15) is 0 Å². The normalized spacial score (nSPS) is 8.00. The molecule has 0 saturated heterocycles. The van der Waals surface area contributed by atoms with E-state index in [1.807, 2.05) is 25.1 Å². The molecule has 1 heterocycles. The highest BCUT2D eigenvalue weighted by atomic mass is 14.6. The first kappa shape index (κ1) is 8.30. The lowest BCUT2D eigenvalue weighted by Crippen LogP contribution is -1.80. The quantitative estimate of drug-likeness (QED) is 0.535. The summed E-state index contributed by atoms with van der Waals surface area (Å²) in [5.41, 5.74) is 1.86. The molecule has 0 bridgehead atoms. The van der Waals surface area contributed by atoms with Gasteiger partial charge in [-0.05, 0) is 19.1 Å². The van der Waals surface area contributed by atoms with E-state index in [4.69, 9.17) is 5.26 Å². The van der Waals surface area contributed by atoms with Gasteiger partial charge in [-0.3, -0.25) is 4.98 Å². The number of rotatable bonds is 0. The summed E-state index contributed by atoms with van der Waals surface area (Å²) in [6, 6.07) is 5.69. The van der Waals surface area contributed by atoms with Crippen molar-refractivity contribution in [1.29, 1.82) is 5.26 Å². The van der Waals surface area contributed by atoms with Gasteiger partial charge in [-0.1, -0.05) is 11.8 Å². The van der Waals surface area contributed by atoms with Crippen LogP contribution in [0.1, 0.15) is 17.7 Å². The standard InChI is InChI=1S/C10H8N2/c1-9-8-10(5-7-12-9)4-2-3-6-11/h5,7-8H,3H2,1H3. The van der Waals surface area contributed by atoms with E-state index in [-0.39, 0.29) is 6.42 Å². The fourth-order valence-corrected chi connectivity index (χ4v) is 0.809. The molecular formula is C10H8N2. The molecule has 0 saturated carbocycles. The molecule has 1 rings (SSSR count). The van der Waals surface area contributed by atoms with E-state index in [0.717, 1.165) is 11.3 Å². The van der Waals surface area contributed by atoms with Crippen molar-refractivity contribution in [3.8, 4) is 17.9 Å². The molecule has 0 aliphatic heterocycles. The fraction of sp³-hybridized carbons (Fsp3) is 0.200. The molecule has 0 aliphatic carbocycles. The van der Waals surface area contributed by atoms with Crippen LogP contribution in [0.25, 0.3) is 0 Å². The van der Waals surface area contributed by atoms with E-state index in [1.54, 1.807) is 6.20 Å². The summed E-state index contributed by atoms with van der Waals surface area (Å²) in [6.07, 6.45) is 1.99. The van der Waals surface area contributed by atoms with Crippen LogP contribution in [0.2, 0.25) is 0 Å². The van der Waals surface area contributed by atoms with Crippen molar-refractivity contribution in [2.24, 2.45) is 0 Å². The average Bonchev–Trinajstić information content (AvgIpc) is 2.05. The van der Waals surface area contributed by atoms with Crippen LogP contribution in [0.5, 0.6) is 0 Å². The number of hydrogen-bond donors (Lipinski definition) is 0. The summed E-state index contributed by atoms with van der Waals surface area (Å²) in [4.78, 5) is 4.04. The van der Waals surface area contributed by atoms with Crippen LogP contribution in [0.3, 0.4) is 0 Å². The van der Waals surface area contributed by atoms with E-state index >= 15 is 0 Å². The number of nitrogens with zero attached hydrogens (tertiary/aromatic N) is 2. The molecule has 0 radical (unpaired) electrons. The first-order chi connectivity index (χ1) is 5.83. The van der Waals surface area contributed by atoms with Crippen molar-refractivity contribution in [3.63, 3.8) is 0 Å². The Morgan fingerprint density at radius 1 is 1.58 bits per heavy atom. The van der Waals surface area contributed by atoms with Gasteiger partial charge in [0.2, 0.25) is 0 Å². The molecule has 0 atom stereocenters. The zero-order chi connectivity index (χ0) is 8.81. The highest BCUT2D eigenvalue weighted by molar-refractivity contribution is 5.34. The van der Waals surface area contributed by atoms with E-state index in [2.05, 4.69) is 16.8 Å². The SMILES string of the molecule is Cc1cc(C#CCC#N)ccn1. The van der Waals surface area contributed by atoms with Gasteiger partial charge in [-0.15, -0.1) is 0 Å². The molecule has 2 nitrogen and oxygen atoms in total. The number of aromatic nitrogens is 1. The Balaban J connectivity index is 2.79. The maximum atomic E-state index is 8.23. The summed E-state index contributed by atoms with van der Waals surface area (Å²) < 4.78 is 0. The van der Waals surface area contributed by atoms with Crippen LogP contribution < -0.4 is 0 Å². The Labute approximate surface area is 71.9 Å². The molecule has 0 fully saturated rings. The Morgan fingerprint density at radius 2 is 2.42 bits per heavy atom. The third kappa shape index (κ3) is 2.44. The van der Waals surface area contributed by atoms with E-state index in [1.165, 1.54) is 0 Å². The van der Waals surface area contributed by atoms with Crippen LogP contribution in [-0.2, 0) is 0 Å². The zero-order valence-electron chi connectivity index (χ0n) is 6.83. The van der Waals surface area contributed by atoms with Crippen LogP contribution >= 0.6 is 0 Å². The van der Waals surface area contributed by atoms with Crippen LogP contribution in [-0.4, -0.2) is 4.98 Å². The minimum Gasteiger partial charge on any atom is -0.262 e. The predicted molar refractivity (Wildman–Crippen MR) is 46.1 cm³/mol. The average molecular weight is 156 g/mol. The summed E-state index contributed by atoms with van der Waals surface area (Å²) in [6.45, 7) is 1.91. The zero-order valence-corrected chi connectivity index (χ0v) is 6.83. The minimum atomic E-state index is 0.279. The Hall–Kier alpha value is -1.80. The molecule has 2 heteroatoms. The summed E-state index contributed by atoms with van der Waals surface area (Å²) >= 11 is 0. The lowest BCUT2D eigenvalue weighted by molar-refractivity contribution is 1.19. The van der Waals surface area contributed by atoms with Crippen molar-refractivity contribution >= 4 is 0 Å². The monoisotopic (exact) mass is 156 g/mol. The Kier molecular flexibility index (Phi) is 2.87. The van der Waals surface area contributed by atoms with Gasteiger partial charge in [0.25, 0.3) is 0 Å². The second-order valence-electron chi connectivity index (χ2n) is 2.32. The van der Waals surface area contributed by atoms with Gasteiger partial charge in [0.05, 0.1) is 12.5 Å². The third-order valence-corrected chi connectivity index (χ3v) is 1.30. The summed E-state index contributed by atoms with van der Waals surface area (Å²) in [5.74, 6) is 5.61. The molecule has 0 unspecified atom stereocenters. The smallest absolute Gasteiger partial charge is 0.0966 e. The molecule has 0 amide bonds. The Morgan fingerprint density at radius 3 is 3.08 bits per heavy atom. The molecule has 1 aromatic heterocycles. The third-order valence-electron chi connectivity index (χ3n) is 1.30. The van der Waals surface area contributed by atoms with Crippen molar-refractivity contribution in [3.05, 3.63) is 29.6 Å². The number of nitriles is 1. The lowest BCUT2D eigenvalue weighted by Gasteiger charge is -1.90. The molecule has 0 N–H and O–H groups in total. The first-order valence-electron chi connectivity index (χ1n) is 3.61. The topological polar surface area (TPSA) is 36.7 Å². The fourth-order valence-electron chi connectivity index (χ4n) is 0.809. The summed E-state index contributed by atoms with van der Waals surface area (Å²) in [5, 5.41) is 8.23. The van der Waals surface area contributed by atoms with Gasteiger partial charge in [0.1, 0.15) is 0 Å². The first-order valence-corrected chi connectivity index (χ1v) is 3.61. The second-order valence-corrected chi connectivity index (χ2v) is 2.32. The van der Waals surface area contributed by atoms with Crippen LogP contribution in [0, 0.1) is 30.1 Å². The van der Waals surface area contributed by atoms with Crippen molar-refractivity contribution in [1.82, 2.24) is 4.98 Å². The highest BCUT2D eigenvalue weighted by Gasteiger charge is 1.86. The molecule has 0 aromatic carbocycles. The van der Waals surface area contributed by atoms with Crippen LogP contribution in [0.4, 0.5) is 0 Å². The molecule has 58 valence electrons. The van der Waals surface area contributed by atoms with Gasteiger partial charge < -0.3 is 0 Å². The van der Waals surface area contributed by atoms with E-state index < -0.39 is 0 Å². The molecule has 0 aliphatic rings. The number of pyridine rings is 1. The molecular weight excluding hydrogens is 148 g/mol. The molecule has 12 heavy (non-hydrogen) atoms. The van der Waals surface area contributed by atoms with Crippen LogP contribution in [0.15, 0.2) is 18.3 Å². The maximum Gasteiger partial charge on any atom is 0.0966 e. The van der Waals surface area contributed by atoms with Gasteiger partial charge in [-0.25, -0.2) is 0 Å². The van der Waals surface area contributed by atoms with Gasteiger partial charge in [0, 0.05) is 17.5 Å². The van der Waals surface area contributed by atoms with Gasteiger partial charge in [0.15, 0.2) is 0 Å². The van der Waals surface area contributed by atoms with Gasteiger partial charge in [-0.2, -0.15) is 5.26 Å². The van der Waals surface area contributed by atoms with Crippen molar-refractivity contribution in [2.45, 2.75) is 13.3 Å². The van der Waals surface area contributed by atoms with Crippen molar-refractivity contribution in [2.75, 3.05) is 0 Å². The summed E-state index contributed by atoms with van der Waals surface area (Å²) in [7, 11) is 0. The highest BCUT2D eigenvalue weighted by Crippen LogP contribution is 1.97. The number of aryl methyl sites for hydroxylation is 1. The largest absolute Gasteiger partial charge is 0.262 e. The molecule has 1 aromatic rings. The van der Waals surface area contributed by atoms with Gasteiger partial charge >= 0.3 is 0 Å². The second kappa shape index (κ2) is 4.16. The Bertz CT molecular complexity index is 363. The maximum absolute atomic E-state index is 8.23. The predicted octanol–water partition coefficient (Wildman–Crippen LogP) is 1.66. The van der Waals surface area contributed by atoms with Crippen molar-refractivity contribution < 1.29 is 0 Å². The minimum absolute atomic E-state index is 0.279. The van der Waals surface area contributed by atoms with E-state index in [0.29, 0.717) is 0 Å². The lowest BCUT2D eigenvalue weighted by atomic mass is 10.2. The molecule has 0 spiro atoms.